The third kappa shape index (κ3) is 1.37. The van der Waals surface area contributed by atoms with E-state index in [0.717, 1.165) is 0 Å². The first-order valence-corrected chi connectivity index (χ1v) is 4.62. The Bertz CT molecular complexity index is 185. The van der Waals surface area contributed by atoms with E-state index in [1.54, 1.807) is 0 Å². The van der Waals surface area contributed by atoms with Crippen LogP contribution < -0.4 is 0 Å². The Hall–Kier alpha value is -0.590. The minimum absolute atomic E-state index is 0.340. The molecule has 1 aliphatic carbocycles. The molecule has 0 bridgehead atoms. The summed E-state index contributed by atoms with van der Waals surface area (Å²) in [7, 11) is 0. The van der Waals surface area contributed by atoms with Crippen molar-refractivity contribution in [3.05, 3.63) is 12.2 Å². The smallest absolute Gasteiger partial charge is 0.0642 e. The highest BCUT2D eigenvalue weighted by Gasteiger charge is 2.30. The summed E-state index contributed by atoms with van der Waals surface area (Å²) >= 11 is 0. The lowest BCUT2D eigenvalue weighted by Gasteiger charge is -2.33. The molecular weight excluding hydrogens is 134 g/mol. The molecule has 1 saturated carbocycles. The standard InChI is InChI=1S/C10H15N/c1-2-6-10(7-3-1)8-4-5-9-11-10/h4-5,9H,1-3,6-8H2. The van der Waals surface area contributed by atoms with Gasteiger partial charge in [-0.15, -0.1) is 0 Å². The number of allylic oxidation sites excluding steroid dienone is 1. The van der Waals surface area contributed by atoms with Crippen LogP contribution in [0.25, 0.3) is 0 Å². The van der Waals surface area contributed by atoms with Gasteiger partial charge in [0.05, 0.1) is 5.54 Å². The molecule has 2 aliphatic rings. The molecule has 1 aliphatic heterocycles. The highest BCUT2D eigenvalue weighted by Crippen LogP contribution is 2.35. The van der Waals surface area contributed by atoms with Gasteiger partial charge in [0.1, 0.15) is 0 Å². The Morgan fingerprint density at radius 3 is 2.55 bits per heavy atom. The molecule has 0 aromatic heterocycles. The van der Waals surface area contributed by atoms with Crippen LogP contribution in [0.1, 0.15) is 38.5 Å². The zero-order valence-electron chi connectivity index (χ0n) is 6.92. The number of aliphatic imine (C=N–C) groups is 1. The molecular formula is C10H15N. The van der Waals surface area contributed by atoms with Gasteiger partial charge in [-0.3, -0.25) is 4.99 Å². The van der Waals surface area contributed by atoms with E-state index in [-0.39, 0.29) is 0 Å². The number of dihydropyridines is 1. The molecule has 0 N–H and O–H groups in total. The maximum absolute atomic E-state index is 4.61. The second-order valence-corrected chi connectivity index (χ2v) is 3.70. The largest absolute Gasteiger partial charge is 0.286 e. The van der Waals surface area contributed by atoms with Crippen molar-refractivity contribution in [3.63, 3.8) is 0 Å². The van der Waals surface area contributed by atoms with E-state index < -0.39 is 0 Å². The summed E-state index contributed by atoms with van der Waals surface area (Å²) in [5, 5.41) is 0. The summed E-state index contributed by atoms with van der Waals surface area (Å²) < 4.78 is 0. The maximum atomic E-state index is 4.61. The zero-order chi connectivity index (χ0) is 7.57. The fourth-order valence-electron chi connectivity index (χ4n) is 2.15. The molecule has 1 spiro atoms. The van der Waals surface area contributed by atoms with Crippen molar-refractivity contribution in [1.29, 1.82) is 0 Å². The molecule has 0 aromatic carbocycles. The highest BCUT2D eigenvalue weighted by molar-refractivity contribution is 5.72. The number of nitrogens with zero attached hydrogens (tertiary/aromatic N) is 1. The summed E-state index contributed by atoms with van der Waals surface area (Å²) in [5.74, 6) is 0. The fraction of sp³-hybridized carbons (Fsp3) is 0.700. The van der Waals surface area contributed by atoms with Crippen molar-refractivity contribution >= 4 is 6.21 Å². The van der Waals surface area contributed by atoms with Gasteiger partial charge in [-0.1, -0.05) is 25.3 Å². The number of hydrogen-bond donors (Lipinski definition) is 0. The Kier molecular flexibility index (Phi) is 1.80. The molecule has 0 radical (unpaired) electrons. The van der Waals surface area contributed by atoms with Crippen LogP contribution in [0.5, 0.6) is 0 Å². The second-order valence-electron chi connectivity index (χ2n) is 3.70. The van der Waals surface area contributed by atoms with Crippen molar-refractivity contribution < 1.29 is 0 Å². The lowest BCUT2D eigenvalue weighted by atomic mass is 9.79. The van der Waals surface area contributed by atoms with E-state index in [1.165, 1.54) is 38.5 Å². The normalized spacial score (nSPS) is 27.6. The Labute approximate surface area is 68.2 Å². The molecule has 1 heteroatoms. The highest BCUT2D eigenvalue weighted by atomic mass is 14.9. The topological polar surface area (TPSA) is 12.4 Å². The number of rotatable bonds is 0. The van der Waals surface area contributed by atoms with E-state index in [9.17, 15) is 0 Å². The average Bonchev–Trinajstić information content (AvgIpc) is 2.07. The predicted octanol–water partition coefficient (Wildman–Crippen LogP) is 2.72. The van der Waals surface area contributed by atoms with Crippen LogP contribution in [0.2, 0.25) is 0 Å². The van der Waals surface area contributed by atoms with E-state index >= 15 is 0 Å². The third-order valence-corrected chi connectivity index (χ3v) is 2.85. The van der Waals surface area contributed by atoms with Gasteiger partial charge in [-0.25, -0.2) is 0 Å². The number of hydrogen-bond acceptors (Lipinski definition) is 1. The molecule has 0 amide bonds. The fourth-order valence-corrected chi connectivity index (χ4v) is 2.15. The molecule has 1 fully saturated rings. The Morgan fingerprint density at radius 1 is 1.09 bits per heavy atom. The van der Waals surface area contributed by atoms with Crippen LogP contribution >= 0.6 is 0 Å². The molecule has 60 valence electrons. The van der Waals surface area contributed by atoms with Crippen LogP contribution in [0.4, 0.5) is 0 Å². The van der Waals surface area contributed by atoms with Crippen molar-refractivity contribution in [2.45, 2.75) is 44.1 Å². The van der Waals surface area contributed by atoms with Crippen molar-refractivity contribution in [3.8, 4) is 0 Å². The van der Waals surface area contributed by atoms with Gasteiger partial charge < -0.3 is 0 Å². The average molecular weight is 149 g/mol. The lowest BCUT2D eigenvalue weighted by Crippen LogP contribution is -2.29. The van der Waals surface area contributed by atoms with Gasteiger partial charge >= 0.3 is 0 Å². The van der Waals surface area contributed by atoms with Gasteiger partial charge in [-0.2, -0.15) is 0 Å². The predicted molar refractivity (Wildman–Crippen MR) is 48.1 cm³/mol. The molecule has 0 aromatic rings. The van der Waals surface area contributed by atoms with Crippen LogP contribution in [-0.2, 0) is 0 Å². The minimum atomic E-state index is 0.340. The molecule has 11 heavy (non-hydrogen) atoms. The molecule has 1 heterocycles. The molecule has 0 atom stereocenters. The van der Waals surface area contributed by atoms with Gasteiger partial charge in [0.15, 0.2) is 0 Å². The zero-order valence-corrected chi connectivity index (χ0v) is 6.92. The first-order valence-electron chi connectivity index (χ1n) is 4.62. The first-order chi connectivity index (χ1) is 5.41. The van der Waals surface area contributed by atoms with Crippen LogP contribution in [0.15, 0.2) is 17.1 Å². The summed E-state index contributed by atoms with van der Waals surface area (Å²) in [6.45, 7) is 0. The van der Waals surface area contributed by atoms with Crippen molar-refractivity contribution in [2.24, 2.45) is 4.99 Å². The van der Waals surface area contributed by atoms with Gasteiger partial charge in [0.2, 0.25) is 0 Å². The molecule has 0 saturated heterocycles. The van der Waals surface area contributed by atoms with Gasteiger partial charge in [-0.05, 0) is 25.3 Å². The minimum Gasteiger partial charge on any atom is -0.286 e. The maximum Gasteiger partial charge on any atom is 0.0642 e. The van der Waals surface area contributed by atoms with E-state index in [0.29, 0.717) is 5.54 Å². The molecule has 0 unspecified atom stereocenters. The monoisotopic (exact) mass is 149 g/mol. The van der Waals surface area contributed by atoms with Crippen molar-refractivity contribution in [1.82, 2.24) is 0 Å². The second kappa shape index (κ2) is 2.80. The summed E-state index contributed by atoms with van der Waals surface area (Å²) in [4.78, 5) is 4.61. The van der Waals surface area contributed by atoms with E-state index in [1.807, 2.05) is 6.21 Å². The summed E-state index contributed by atoms with van der Waals surface area (Å²) in [5.41, 5.74) is 0.340. The SMILES string of the molecule is C1=CCC2(CCCCC2)N=C1. The first kappa shape index (κ1) is 7.08. The van der Waals surface area contributed by atoms with Gasteiger partial charge in [0, 0.05) is 6.21 Å². The van der Waals surface area contributed by atoms with E-state index in [2.05, 4.69) is 17.1 Å². The Balaban J connectivity index is 2.08. The summed E-state index contributed by atoms with van der Waals surface area (Å²) in [6.07, 6.45) is 14.3. The Morgan fingerprint density at radius 2 is 1.91 bits per heavy atom. The van der Waals surface area contributed by atoms with Crippen LogP contribution in [0, 0.1) is 0 Å². The van der Waals surface area contributed by atoms with E-state index in [4.69, 9.17) is 0 Å². The lowest BCUT2D eigenvalue weighted by molar-refractivity contribution is 0.301. The quantitative estimate of drug-likeness (QED) is 0.502. The van der Waals surface area contributed by atoms with Crippen molar-refractivity contribution in [2.75, 3.05) is 0 Å². The van der Waals surface area contributed by atoms with Gasteiger partial charge in [0.25, 0.3) is 0 Å². The van der Waals surface area contributed by atoms with Crippen LogP contribution in [-0.4, -0.2) is 11.8 Å². The third-order valence-electron chi connectivity index (χ3n) is 2.85. The molecule has 1 nitrogen and oxygen atoms in total. The van der Waals surface area contributed by atoms with Crippen LogP contribution in [0.3, 0.4) is 0 Å². The molecule has 2 rings (SSSR count). The summed E-state index contributed by atoms with van der Waals surface area (Å²) in [6, 6.07) is 0.